The summed E-state index contributed by atoms with van der Waals surface area (Å²) in [4.78, 5) is 29.3. The lowest BCUT2D eigenvalue weighted by atomic mass is 10.1. The Hall–Kier alpha value is -3.91. The van der Waals surface area contributed by atoms with E-state index in [1.54, 1.807) is 24.3 Å². The second-order valence-corrected chi connectivity index (χ2v) is 7.50. The van der Waals surface area contributed by atoms with E-state index in [0.29, 0.717) is 27.8 Å². The molecular weight excluding hydrogens is 432 g/mol. The number of benzene rings is 2. The summed E-state index contributed by atoms with van der Waals surface area (Å²) in [5.74, 6) is 0.712. The molecule has 0 bridgehead atoms. The van der Waals surface area contributed by atoms with Crippen molar-refractivity contribution in [3.63, 3.8) is 0 Å². The van der Waals surface area contributed by atoms with Gasteiger partial charge in [0.1, 0.15) is 12.3 Å². The normalized spacial score (nSPS) is 10.7. The zero-order valence-corrected chi connectivity index (χ0v) is 18.1. The van der Waals surface area contributed by atoms with E-state index < -0.39 is 5.91 Å². The third kappa shape index (κ3) is 4.70. The number of pyridine rings is 1. The highest BCUT2D eigenvalue weighted by Gasteiger charge is 2.14. The predicted octanol–water partition coefficient (Wildman–Crippen LogP) is 4.17. The SMILES string of the molecule is COc1ccc(Cl)cc1NC(=O)Cn1cc(-c2nc(-c3ccc(C)cc3)no2)ccc1=O. The number of ether oxygens (including phenoxy) is 1. The Morgan fingerprint density at radius 1 is 1.12 bits per heavy atom. The van der Waals surface area contributed by atoms with Crippen molar-refractivity contribution in [1.29, 1.82) is 0 Å². The fourth-order valence-corrected chi connectivity index (χ4v) is 3.24. The molecule has 0 unspecified atom stereocenters. The first-order chi connectivity index (χ1) is 15.4. The van der Waals surface area contributed by atoms with Crippen molar-refractivity contribution in [2.24, 2.45) is 0 Å². The van der Waals surface area contributed by atoms with Gasteiger partial charge < -0.3 is 19.1 Å². The monoisotopic (exact) mass is 450 g/mol. The first-order valence-electron chi connectivity index (χ1n) is 9.68. The number of rotatable bonds is 6. The molecule has 0 radical (unpaired) electrons. The molecule has 0 saturated heterocycles. The van der Waals surface area contributed by atoms with Crippen LogP contribution in [0.3, 0.4) is 0 Å². The zero-order valence-electron chi connectivity index (χ0n) is 17.3. The van der Waals surface area contributed by atoms with E-state index in [2.05, 4.69) is 15.5 Å². The van der Waals surface area contributed by atoms with Gasteiger partial charge in [-0.3, -0.25) is 9.59 Å². The molecule has 0 aliphatic carbocycles. The third-order valence-electron chi connectivity index (χ3n) is 4.72. The van der Waals surface area contributed by atoms with Crippen LogP contribution in [0.15, 0.2) is 70.1 Å². The van der Waals surface area contributed by atoms with Gasteiger partial charge in [0.25, 0.3) is 11.4 Å². The molecule has 0 spiro atoms. The molecule has 0 aliphatic heterocycles. The van der Waals surface area contributed by atoms with E-state index >= 15 is 0 Å². The number of carbonyl (C=O) groups is 1. The van der Waals surface area contributed by atoms with Gasteiger partial charge in [-0.25, -0.2) is 0 Å². The first kappa shape index (κ1) is 21.3. The Bertz CT molecular complexity index is 1330. The predicted molar refractivity (Wildman–Crippen MR) is 121 cm³/mol. The lowest BCUT2D eigenvalue weighted by Gasteiger charge is -2.11. The molecule has 4 aromatic rings. The van der Waals surface area contributed by atoms with Crippen molar-refractivity contribution in [3.8, 4) is 28.6 Å². The van der Waals surface area contributed by atoms with Crippen LogP contribution in [0.4, 0.5) is 5.69 Å². The summed E-state index contributed by atoms with van der Waals surface area (Å²) in [5, 5.41) is 7.16. The van der Waals surface area contributed by atoms with Crippen LogP contribution >= 0.6 is 11.6 Å². The fourth-order valence-electron chi connectivity index (χ4n) is 3.06. The number of aryl methyl sites for hydroxylation is 1. The minimum atomic E-state index is -0.421. The van der Waals surface area contributed by atoms with Gasteiger partial charge in [0.2, 0.25) is 11.7 Å². The number of hydrogen-bond acceptors (Lipinski definition) is 6. The number of nitrogens with zero attached hydrogens (tertiary/aromatic N) is 3. The molecule has 2 aromatic heterocycles. The molecule has 1 N–H and O–H groups in total. The highest BCUT2D eigenvalue weighted by molar-refractivity contribution is 6.31. The maximum absolute atomic E-state index is 12.6. The second kappa shape index (κ2) is 9.07. The number of hydrogen-bond donors (Lipinski definition) is 1. The van der Waals surface area contributed by atoms with Crippen molar-refractivity contribution >= 4 is 23.2 Å². The average molecular weight is 451 g/mol. The van der Waals surface area contributed by atoms with E-state index in [1.807, 2.05) is 31.2 Å². The smallest absolute Gasteiger partial charge is 0.259 e. The topological polar surface area (TPSA) is 99.2 Å². The number of amides is 1. The molecule has 9 heteroatoms. The summed E-state index contributed by atoms with van der Waals surface area (Å²) in [5.41, 5.74) is 2.52. The van der Waals surface area contributed by atoms with Gasteiger partial charge in [-0.1, -0.05) is 46.6 Å². The Balaban J connectivity index is 1.55. The molecule has 0 fully saturated rings. The average Bonchev–Trinajstić information content (AvgIpc) is 3.26. The third-order valence-corrected chi connectivity index (χ3v) is 4.95. The van der Waals surface area contributed by atoms with Gasteiger partial charge in [0.15, 0.2) is 0 Å². The zero-order chi connectivity index (χ0) is 22.7. The van der Waals surface area contributed by atoms with E-state index in [0.717, 1.165) is 11.1 Å². The second-order valence-electron chi connectivity index (χ2n) is 7.07. The van der Waals surface area contributed by atoms with Crippen molar-refractivity contribution < 1.29 is 14.1 Å². The van der Waals surface area contributed by atoms with Crippen molar-refractivity contribution in [2.45, 2.75) is 13.5 Å². The Kier molecular flexibility index (Phi) is 6.04. The van der Waals surface area contributed by atoms with E-state index in [9.17, 15) is 9.59 Å². The highest BCUT2D eigenvalue weighted by atomic mass is 35.5. The first-order valence-corrected chi connectivity index (χ1v) is 10.1. The van der Waals surface area contributed by atoms with Gasteiger partial charge in [0.05, 0.1) is 18.4 Å². The molecule has 0 saturated carbocycles. The summed E-state index contributed by atoms with van der Waals surface area (Å²) in [6.07, 6.45) is 1.50. The molecule has 0 aliphatic rings. The van der Waals surface area contributed by atoms with Crippen LogP contribution in [0.5, 0.6) is 5.75 Å². The maximum atomic E-state index is 12.6. The molecule has 32 heavy (non-hydrogen) atoms. The van der Waals surface area contributed by atoms with Crippen LogP contribution in [-0.4, -0.2) is 27.7 Å². The quantitative estimate of drug-likeness (QED) is 0.473. The number of carbonyl (C=O) groups excluding carboxylic acids is 1. The molecule has 1 amide bonds. The molecule has 0 atom stereocenters. The number of aromatic nitrogens is 3. The van der Waals surface area contributed by atoms with Crippen LogP contribution in [0.2, 0.25) is 5.02 Å². The van der Waals surface area contributed by atoms with Gasteiger partial charge >= 0.3 is 0 Å². The van der Waals surface area contributed by atoms with Crippen LogP contribution in [0.25, 0.3) is 22.8 Å². The van der Waals surface area contributed by atoms with Crippen LogP contribution in [-0.2, 0) is 11.3 Å². The summed E-state index contributed by atoms with van der Waals surface area (Å²) in [7, 11) is 1.49. The van der Waals surface area contributed by atoms with Gasteiger partial charge in [0, 0.05) is 22.8 Å². The number of nitrogens with one attached hydrogen (secondary N) is 1. The van der Waals surface area contributed by atoms with Crippen LogP contribution < -0.4 is 15.6 Å². The number of halogens is 1. The van der Waals surface area contributed by atoms with Crippen LogP contribution in [0.1, 0.15) is 5.56 Å². The summed E-state index contributed by atoms with van der Waals surface area (Å²) in [6.45, 7) is 1.77. The van der Waals surface area contributed by atoms with Crippen molar-refractivity contribution in [2.75, 3.05) is 12.4 Å². The van der Waals surface area contributed by atoms with E-state index in [1.165, 1.54) is 23.9 Å². The number of anilines is 1. The molecule has 2 heterocycles. The fraction of sp³-hybridized carbons (Fsp3) is 0.130. The minimum absolute atomic E-state index is 0.221. The molecule has 8 nitrogen and oxygen atoms in total. The number of methoxy groups -OCH3 is 1. The Morgan fingerprint density at radius 2 is 1.88 bits per heavy atom. The minimum Gasteiger partial charge on any atom is -0.495 e. The molecule has 2 aromatic carbocycles. The van der Waals surface area contributed by atoms with Crippen molar-refractivity contribution in [1.82, 2.24) is 14.7 Å². The lowest BCUT2D eigenvalue weighted by molar-refractivity contribution is -0.116. The summed E-state index contributed by atoms with van der Waals surface area (Å²) < 4.78 is 11.9. The van der Waals surface area contributed by atoms with Gasteiger partial charge in [-0.2, -0.15) is 4.98 Å². The molecule has 4 rings (SSSR count). The molecule has 162 valence electrons. The Morgan fingerprint density at radius 3 is 2.62 bits per heavy atom. The van der Waals surface area contributed by atoms with E-state index in [-0.39, 0.29) is 18.0 Å². The van der Waals surface area contributed by atoms with Crippen LogP contribution in [0, 0.1) is 6.92 Å². The highest BCUT2D eigenvalue weighted by Crippen LogP contribution is 2.27. The standard InChI is InChI=1S/C23H19ClN4O4/c1-14-3-5-15(6-4-14)22-26-23(32-27-22)16-7-10-21(30)28(12-16)13-20(29)25-18-11-17(24)8-9-19(18)31-2/h3-12H,13H2,1-2H3,(H,25,29). The summed E-state index contributed by atoms with van der Waals surface area (Å²) in [6, 6.07) is 15.5. The van der Waals surface area contributed by atoms with Gasteiger partial charge in [-0.15, -0.1) is 0 Å². The Labute approximate surface area is 188 Å². The van der Waals surface area contributed by atoms with E-state index in [4.69, 9.17) is 20.9 Å². The lowest BCUT2D eigenvalue weighted by Crippen LogP contribution is -2.27. The van der Waals surface area contributed by atoms with Gasteiger partial charge in [-0.05, 0) is 31.2 Å². The maximum Gasteiger partial charge on any atom is 0.259 e. The largest absolute Gasteiger partial charge is 0.495 e. The van der Waals surface area contributed by atoms with Crippen molar-refractivity contribution in [3.05, 3.63) is 81.7 Å². The molecular formula is C23H19ClN4O4. The summed E-state index contributed by atoms with van der Waals surface area (Å²) >= 11 is 6.00.